The van der Waals surface area contributed by atoms with Crippen molar-refractivity contribution in [2.75, 3.05) is 6.54 Å². The van der Waals surface area contributed by atoms with Gasteiger partial charge in [-0.2, -0.15) is 5.10 Å². The highest BCUT2D eigenvalue weighted by molar-refractivity contribution is 5.92. The summed E-state index contributed by atoms with van der Waals surface area (Å²) in [4.78, 5) is 13.4. The number of rotatable bonds is 6. The zero-order valence-electron chi connectivity index (χ0n) is 16.2. The molecule has 4 rings (SSSR count). The third-order valence-corrected chi connectivity index (χ3v) is 5.21. The molecule has 0 bridgehead atoms. The fourth-order valence-corrected chi connectivity index (χ4v) is 3.72. The van der Waals surface area contributed by atoms with E-state index < -0.39 is 5.91 Å². The summed E-state index contributed by atoms with van der Waals surface area (Å²) < 4.78 is 22.2. The molecule has 1 aliphatic rings. The standard InChI is InChI=1S/C22H23FN4O2/c1-26-12-10-20(25-26)21-3-2-11-27(21)14-16-6-9-18(13-19(16)23)29-17-7-4-15(5-8-17)22(24)28/h4-10,12-13,21H,2-3,11,14H2,1H3,(H2,24,28)/t21-/m0/s1. The summed E-state index contributed by atoms with van der Waals surface area (Å²) in [5, 5.41) is 4.52. The van der Waals surface area contributed by atoms with Crippen molar-refractivity contribution in [3.63, 3.8) is 0 Å². The second-order valence-electron chi connectivity index (χ2n) is 7.29. The highest BCUT2D eigenvalue weighted by Gasteiger charge is 2.28. The summed E-state index contributed by atoms with van der Waals surface area (Å²) in [6.45, 7) is 1.45. The number of nitrogens with two attached hydrogens (primary N) is 1. The van der Waals surface area contributed by atoms with Gasteiger partial charge in [-0.3, -0.25) is 14.4 Å². The number of halogens is 1. The van der Waals surface area contributed by atoms with Gasteiger partial charge < -0.3 is 10.5 Å². The Morgan fingerprint density at radius 3 is 2.62 bits per heavy atom. The van der Waals surface area contributed by atoms with Crippen LogP contribution in [-0.4, -0.2) is 27.1 Å². The summed E-state index contributed by atoms with van der Waals surface area (Å²) >= 11 is 0. The lowest BCUT2D eigenvalue weighted by atomic mass is 10.1. The third-order valence-electron chi connectivity index (χ3n) is 5.21. The van der Waals surface area contributed by atoms with Gasteiger partial charge in [-0.05, 0) is 55.8 Å². The van der Waals surface area contributed by atoms with Gasteiger partial charge in [0.2, 0.25) is 5.91 Å². The molecule has 1 fully saturated rings. The Kier molecular flexibility index (Phi) is 5.31. The Labute approximate surface area is 168 Å². The summed E-state index contributed by atoms with van der Waals surface area (Å²) in [5.74, 6) is 0.110. The highest BCUT2D eigenvalue weighted by atomic mass is 19.1. The lowest BCUT2D eigenvalue weighted by Gasteiger charge is -2.23. The number of carbonyl (C=O) groups is 1. The molecule has 0 aliphatic carbocycles. The monoisotopic (exact) mass is 394 g/mol. The van der Waals surface area contributed by atoms with E-state index in [0.717, 1.165) is 25.1 Å². The molecule has 29 heavy (non-hydrogen) atoms. The number of aromatic nitrogens is 2. The molecular formula is C22H23FN4O2. The van der Waals surface area contributed by atoms with Gasteiger partial charge in [-0.25, -0.2) is 4.39 Å². The van der Waals surface area contributed by atoms with Crippen LogP contribution in [0.5, 0.6) is 11.5 Å². The molecule has 1 amide bonds. The van der Waals surface area contributed by atoms with Crippen molar-refractivity contribution < 1.29 is 13.9 Å². The molecule has 1 saturated heterocycles. The molecule has 2 N–H and O–H groups in total. The number of likely N-dealkylation sites (tertiary alicyclic amines) is 1. The number of hydrogen-bond acceptors (Lipinski definition) is 4. The molecule has 3 aromatic rings. The topological polar surface area (TPSA) is 73.4 Å². The average molecular weight is 394 g/mol. The van der Waals surface area contributed by atoms with Crippen molar-refractivity contribution in [2.24, 2.45) is 12.8 Å². The van der Waals surface area contributed by atoms with Crippen LogP contribution < -0.4 is 10.5 Å². The van der Waals surface area contributed by atoms with E-state index in [1.54, 1.807) is 41.1 Å². The number of ether oxygens (including phenoxy) is 1. The first kappa shape index (κ1) is 19.1. The minimum absolute atomic E-state index is 0.218. The first-order valence-electron chi connectivity index (χ1n) is 9.59. The summed E-state index contributed by atoms with van der Waals surface area (Å²) in [5.41, 5.74) is 7.29. The van der Waals surface area contributed by atoms with Gasteiger partial charge >= 0.3 is 0 Å². The summed E-state index contributed by atoms with van der Waals surface area (Å²) in [6.07, 6.45) is 4.04. The Balaban J connectivity index is 1.45. The van der Waals surface area contributed by atoms with E-state index in [4.69, 9.17) is 10.5 Å². The van der Waals surface area contributed by atoms with Crippen molar-refractivity contribution in [1.29, 1.82) is 0 Å². The normalized spacial score (nSPS) is 16.8. The van der Waals surface area contributed by atoms with E-state index in [1.807, 2.05) is 19.3 Å². The van der Waals surface area contributed by atoms with Crippen LogP contribution in [0.4, 0.5) is 4.39 Å². The number of benzene rings is 2. The number of amides is 1. The SMILES string of the molecule is Cn1ccc([C@@H]2CCCN2Cc2ccc(Oc3ccc(C(N)=O)cc3)cc2F)n1. The van der Waals surface area contributed by atoms with E-state index in [0.29, 0.717) is 29.2 Å². The van der Waals surface area contributed by atoms with Crippen LogP contribution in [0.25, 0.3) is 0 Å². The lowest BCUT2D eigenvalue weighted by molar-refractivity contribution is 0.100. The molecule has 2 heterocycles. The molecule has 0 spiro atoms. The molecule has 0 radical (unpaired) electrons. The summed E-state index contributed by atoms with van der Waals surface area (Å²) in [6, 6.07) is 13.6. The van der Waals surface area contributed by atoms with Crippen LogP contribution in [0.2, 0.25) is 0 Å². The molecule has 0 saturated carbocycles. The molecule has 1 aliphatic heterocycles. The second kappa shape index (κ2) is 8.05. The van der Waals surface area contributed by atoms with Crippen LogP contribution in [0.15, 0.2) is 54.7 Å². The van der Waals surface area contributed by atoms with Crippen molar-refractivity contribution in [3.05, 3.63) is 77.4 Å². The predicted molar refractivity (Wildman–Crippen MR) is 107 cm³/mol. The molecule has 150 valence electrons. The first-order chi connectivity index (χ1) is 14.0. The number of nitrogens with zero attached hydrogens (tertiary/aromatic N) is 3. The maximum Gasteiger partial charge on any atom is 0.248 e. The molecule has 1 aromatic heterocycles. The van der Waals surface area contributed by atoms with Gasteiger partial charge in [-0.1, -0.05) is 6.07 Å². The smallest absolute Gasteiger partial charge is 0.248 e. The minimum atomic E-state index is -0.502. The van der Waals surface area contributed by atoms with Crippen LogP contribution in [0.1, 0.15) is 40.5 Å². The summed E-state index contributed by atoms with van der Waals surface area (Å²) in [7, 11) is 1.91. The van der Waals surface area contributed by atoms with Crippen LogP contribution in [0, 0.1) is 5.82 Å². The average Bonchev–Trinajstić information content (AvgIpc) is 3.33. The van der Waals surface area contributed by atoms with Gasteiger partial charge in [0, 0.05) is 37.0 Å². The largest absolute Gasteiger partial charge is 0.457 e. The molecule has 6 nitrogen and oxygen atoms in total. The fraction of sp³-hybridized carbons (Fsp3) is 0.273. The van der Waals surface area contributed by atoms with Gasteiger partial charge in [0.1, 0.15) is 17.3 Å². The zero-order valence-corrected chi connectivity index (χ0v) is 16.2. The van der Waals surface area contributed by atoms with E-state index >= 15 is 0 Å². The van der Waals surface area contributed by atoms with E-state index in [1.165, 1.54) is 6.07 Å². The van der Waals surface area contributed by atoms with E-state index in [2.05, 4.69) is 10.00 Å². The number of primary amides is 1. The first-order valence-corrected chi connectivity index (χ1v) is 9.59. The molecule has 7 heteroatoms. The predicted octanol–water partition coefficient (Wildman–Crippen LogP) is 3.79. The van der Waals surface area contributed by atoms with Gasteiger partial charge in [0.25, 0.3) is 0 Å². The van der Waals surface area contributed by atoms with Gasteiger partial charge in [0.15, 0.2) is 0 Å². The minimum Gasteiger partial charge on any atom is -0.457 e. The zero-order chi connectivity index (χ0) is 20.4. The Morgan fingerprint density at radius 1 is 1.21 bits per heavy atom. The molecule has 2 aromatic carbocycles. The van der Waals surface area contributed by atoms with Gasteiger partial charge in [-0.15, -0.1) is 0 Å². The Morgan fingerprint density at radius 2 is 1.97 bits per heavy atom. The fourth-order valence-electron chi connectivity index (χ4n) is 3.72. The Hall–Kier alpha value is -3.19. The van der Waals surface area contributed by atoms with E-state index in [-0.39, 0.29) is 11.9 Å². The molecular weight excluding hydrogens is 371 g/mol. The third kappa shape index (κ3) is 4.30. The number of hydrogen-bond donors (Lipinski definition) is 1. The van der Waals surface area contributed by atoms with E-state index in [9.17, 15) is 9.18 Å². The molecule has 1 atom stereocenters. The van der Waals surface area contributed by atoms with Crippen molar-refractivity contribution in [3.8, 4) is 11.5 Å². The van der Waals surface area contributed by atoms with Crippen molar-refractivity contribution in [2.45, 2.75) is 25.4 Å². The van der Waals surface area contributed by atoms with Crippen molar-refractivity contribution in [1.82, 2.24) is 14.7 Å². The molecule has 0 unspecified atom stereocenters. The van der Waals surface area contributed by atoms with Crippen molar-refractivity contribution >= 4 is 5.91 Å². The van der Waals surface area contributed by atoms with Gasteiger partial charge in [0.05, 0.1) is 11.7 Å². The number of aryl methyl sites for hydroxylation is 1. The highest BCUT2D eigenvalue weighted by Crippen LogP contribution is 2.33. The Bertz CT molecular complexity index is 1020. The number of carbonyl (C=O) groups excluding carboxylic acids is 1. The maximum absolute atomic E-state index is 14.7. The van der Waals surface area contributed by atoms with Crippen LogP contribution in [0.3, 0.4) is 0 Å². The lowest BCUT2D eigenvalue weighted by Crippen LogP contribution is -2.23. The van der Waals surface area contributed by atoms with Crippen LogP contribution >= 0.6 is 0 Å². The maximum atomic E-state index is 14.7. The second-order valence-corrected chi connectivity index (χ2v) is 7.29. The quantitative estimate of drug-likeness (QED) is 0.690. The van der Waals surface area contributed by atoms with Crippen LogP contribution in [-0.2, 0) is 13.6 Å².